The van der Waals surface area contributed by atoms with Crippen LogP contribution in [0.15, 0.2) is 11.2 Å². The summed E-state index contributed by atoms with van der Waals surface area (Å²) in [6, 6.07) is 0. The number of aliphatic imine (C=N–C) groups is 1. The fraction of sp³-hybridized carbons (Fsp3) is 0.733. The van der Waals surface area contributed by atoms with Crippen LogP contribution >= 0.6 is 11.3 Å². The summed E-state index contributed by atoms with van der Waals surface area (Å²) in [5.41, 5.74) is 0. The fourth-order valence-corrected chi connectivity index (χ4v) is 2.34. The van der Waals surface area contributed by atoms with E-state index in [0.29, 0.717) is 19.1 Å². The van der Waals surface area contributed by atoms with E-state index in [0.717, 1.165) is 37.1 Å². The molecule has 0 atom stereocenters. The van der Waals surface area contributed by atoms with E-state index < -0.39 is 0 Å². The van der Waals surface area contributed by atoms with E-state index in [1.165, 1.54) is 4.88 Å². The number of nitrogens with one attached hydrogen (secondary N) is 2. The van der Waals surface area contributed by atoms with Gasteiger partial charge >= 0.3 is 0 Å². The number of rotatable bonds is 9. The van der Waals surface area contributed by atoms with Crippen LogP contribution in [-0.2, 0) is 11.3 Å². The van der Waals surface area contributed by atoms with E-state index in [1.807, 2.05) is 6.20 Å². The van der Waals surface area contributed by atoms with Crippen LogP contribution in [-0.4, -0.2) is 37.2 Å². The van der Waals surface area contributed by atoms with Crippen LogP contribution in [0, 0.1) is 12.8 Å². The van der Waals surface area contributed by atoms with Gasteiger partial charge in [0.1, 0.15) is 5.01 Å². The molecule has 0 saturated carbocycles. The average molecular weight is 312 g/mol. The minimum Gasteiger partial charge on any atom is -0.380 e. The van der Waals surface area contributed by atoms with Gasteiger partial charge in [-0.2, -0.15) is 0 Å². The van der Waals surface area contributed by atoms with Gasteiger partial charge in [-0.25, -0.2) is 9.98 Å². The first-order chi connectivity index (χ1) is 10.1. The maximum atomic E-state index is 5.58. The molecule has 1 heterocycles. The van der Waals surface area contributed by atoms with Gasteiger partial charge in [0, 0.05) is 30.8 Å². The predicted octanol–water partition coefficient (Wildman–Crippen LogP) is 2.57. The SMILES string of the molecule is CCNC(=NCc1ncc(C)s1)NCCOCCC(C)C. The summed E-state index contributed by atoms with van der Waals surface area (Å²) in [5.74, 6) is 1.51. The van der Waals surface area contributed by atoms with Crippen molar-refractivity contribution in [2.24, 2.45) is 10.9 Å². The number of guanidine groups is 1. The van der Waals surface area contributed by atoms with Crippen molar-refractivity contribution in [3.63, 3.8) is 0 Å². The van der Waals surface area contributed by atoms with Crippen molar-refractivity contribution in [3.05, 3.63) is 16.1 Å². The molecule has 0 aliphatic rings. The molecule has 0 radical (unpaired) electrons. The first kappa shape index (κ1) is 17.9. The Hall–Kier alpha value is -1.14. The van der Waals surface area contributed by atoms with Gasteiger partial charge in [0.15, 0.2) is 5.96 Å². The highest BCUT2D eigenvalue weighted by atomic mass is 32.1. The van der Waals surface area contributed by atoms with Gasteiger partial charge in [-0.15, -0.1) is 11.3 Å². The number of aryl methyl sites for hydroxylation is 1. The molecule has 0 spiro atoms. The zero-order valence-electron chi connectivity index (χ0n) is 13.6. The monoisotopic (exact) mass is 312 g/mol. The summed E-state index contributed by atoms with van der Waals surface area (Å²) >= 11 is 1.69. The summed E-state index contributed by atoms with van der Waals surface area (Å²) in [5, 5.41) is 7.55. The summed E-state index contributed by atoms with van der Waals surface area (Å²) < 4.78 is 5.58. The number of aromatic nitrogens is 1. The molecule has 6 heteroatoms. The van der Waals surface area contributed by atoms with Crippen molar-refractivity contribution in [3.8, 4) is 0 Å². The smallest absolute Gasteiger partial charge is 0.191 e. The van der Waals surface area contributed by atoms with Crippen molar-refractivity contribution in [2.75, 3.05) is 26.3 Å². The third-order valence-electron chi connectivity index (χ3n) is 2.76. The number of hydrogen-bond donors (Lipinski definition) is 2. The van der Waals surface area contributed by atoms with Gasteiger partial charge in [0.25, 0.3) is 0 Å². The Kier molecular flexibility index (Phi) is 9.01. The minimum atomic E-state index is 0.613. The second-order valence-corrected chi connectivity index (χ2v) is 6.60. The van der Waals surface area contributed by atoms with Crippen molar-refractivity contribution in [1.29, 1.82) is 0 Å². The van der Waals surface area contributed by atoms with Crippen LogP contribution in [0.3, 0.4) is 0 Å². The molecule has 0 aliphatic heterocycles. The summed E-state index contributed by atoms with van der Waals surface area (Å²) in [6.07, 6.45) is 3.00. The molecule has 1 aromatic rings. The molecule has 21 heavy (non-hydrogen) atoms. The molecule has 0 amide bonds. The van der Waals surface area contributed by atoms with Gasteiger partial charge in [0.2, 0.25) is 0 Å². The molecule has 0 unspecified atom stereocenters. The van der Waals surface area contributed by atoms with Gasteiger partial charge < -0.3 is 15.4 Å². The molecule has 0 aromatic carbocycles. The molecule has 0 bridgehead atoms. The minimum absolute atomic E-state index is 0.613. The van der Waals surface area contributed by atoms with Crippen LogP contribution < -0.4 is 10.6 Å². The molecule has 2 N–H and O–H groups in total. The highest BCUT2D eigenvalue weighted by Gasteiger charge is 2.00. The average Bonchev–Trinajstić information content (AvgIpc) is 2.85. The first-order valence-electron chi connectivity index (χ1n) is 7.63. The molecular formula is C15H28N4OS. The highest BCUT2D eigenvalue weighted by molar-refractivity contribution is 7.11. The van der Waals surface area contributed by atoms with E-state index in [1.54, 1.807) is 11.3 Å². The largest absolute Gasteiger partial charge is 0.380 e. The topological polar surface area (TPSA) is 58.5 Å². The molecule has 0 saturated heterocycles. The molecule has 0 fully saturated rings. The van der Waals surface area contributed by atoms with E-state index in [2.05, 4.69) is 48.3 Å². The quantitative estimate of drug-likeness (QED) is 0.418. The molecule has 120 valence electrons. The second-order valence-electron chi connectivity index (χ2n) is 5.28. The van der Waals surface area contributed by atoms with Gasteiger partial charge in [0.05, 0.1) is 13.2 Å². The van der Waals surface area contributed by atoms with Gasteiger partial charge in [-0.1, -0.05) is 13.8 Å². The van der Waals surface area contributed by atoms with E-state index in [-0.39, 0.29) is 0 Å². The van der Waals surface area contributed by atoms with E-state index >= 15 is 0 Å². The third kappa shape index (κ3) is 8.67. The maximum Gasteiger partial charge on any atom is 0.191 e. The number of thiazole rings is 1. The number of nitrogens with zero attached hydrogens (tertiary/aromatic N) is 2. The third-order valence-corrected chi connectivity index (χ3v) is 3.66. The Morgan fingerprint density at radius 1 is 1.38 bits per heavy atom. The summed E-state index contributed by atoms with van der Waals surface area (Å²) in [6.45, 7) is 12.3. The molecule has 0 aliphatic carbocycles. The van der Waals surface area contributed by atoms with E-state index in [9.17, 15) is 0 Å². The molecular weight excluding hydrogens is 284 g/mol. The molecule has 5 nitrogen and oxygen atoms in total. The lowest BCUT2D eigenvalue weighted by Gasteiger charge is -2.11. The number of ether oxygens (including phenoxy) is 1. The molecule has 1 aromatic heterocycles. The lowest BCUT2D eigenvalue weighted by molar-refractivity contribution is 0.128. The Morgan fingerprint density at radius 2 is 2.19 bits per heavy atom. The maximum absolute atomic E-state index is 5.58. The van der Waals surface area contributed by atoms with Crippen LogP contribution in [0.5, 0.6) is 0 Å². The van der Waals surface area contributed by atoms with Crippen LogP contribution in [0.25, 0.3) is 0 Å². The lowest BCUT2D eigenvalue weighted by Crippen LogP contribution is -2.39. The van der Waals surface area contributed by atoms with Crippen LogP contribution in [0.2, 0.25) is 0 Å². The van der Waals surface area contributed by atoms with Crippen molar-refractivity contribution < 1.29 is 4.74 Å². The lowest BCUT2D eigenvalue weighted by atomic mass is 10.1. The van der Waals surface area contributed by atoms with Gasteiger partial charge in [-0.05, 0) is 26.2 Å². The van der Waals surface area contributed by atoms with E-state index in [4.69, 9.17) is 4.74 Å². The summed E-state index contributed by atoms with van der Waals surface area (Å²) in [4.78, 5) is 10.1. The van der Waals surface area contributed by atoms with Crippen molar-refractivity contribution in [1.82, 2.24) is 15.6 Å². The highest BCUT2D eigenvalue weighted by Crippen LogP contribution is 2.11. The Labute approximate surface area is 132 Å². The van der Waals surface area contributed by atoms with Crippen LogP contribution in [0.4, 0.5) is 0 Å². The zero-order valence-corrected chi connectivity index (χ0v) is 14.4. The van der Waals surface area contributed by atoms with Crippen LogP contribution in [0.1, 0.15) is 37.1 Å². The Morgan fingerprint density at radius 3 is 2.81 bits per heavy atom. The zero-order chi connectivity index (χ0) is 15.5. The van der Waals surface area contributed by atoms with Crippen molar-refractivity contribution >= 4 is 17.3 Å². The summed E-state index contributed by atoms with van der Waals surface area (Å²) in [7, 11) is 0. The van der Waals surface area contributed by atoms with Gasteiger partial charge in [-0.3, -0.25) is 0 Å². The number of hydrogen-bond acceptors (Lipinski definition) is 4. The standard InChI is InChI=1S/C15H28N4OS/c1-5-16-15(17-7-9-20-8-6-12(2)3)19-11-14-18-10-13(4)21-14/h10,12H,5-9,11H2,1-4H3,(H2,16,17,19). The predicted molar refractivity (Wildman–Crippen MR) is 89.9 cm³/mol. The molecule has 1 rings (SSSR count). The second kappa shape index (κ2) is 10.6. The first-order valence-corrected chi connectivity index (χ1v) is 8.44. The van der Waals surface area contributed by atoms with Crippen molar-refractivity contribution in [2.45, 2.75) is 40.7 Å². The Bertz CT molecular complexity index is 418. The fourth-order valence-electron chi connectivity index (χ4n) is 1.63. The Balaban J connectivity index is 2.25. The normalized spacial score (nSPS) is 12.0.